The molecule has 2 aromatic heterocycles. The molecular formula is C32H30FN2O5S2+. The zero-order valence-electron chi connectivity index (χ0n) is 23.1. The van der Waals surface area contributed by atoms with Gasteiger partial charge >= 0.3 is 0 Å². The van der Waals surface area contributed by atoms with E-state index in [1.807, 2.05) is 18.2 Å². The molecule has 10 heteroatoms. The predicted octanol–water partition coefficient (Wildman–Crippen LogP) is 5.54. The van der Waals surface area contributed by atoms with Crippen molar-refractivity contribution in [2.75, 3.05) is 12.0 Å². The Labute approximate surface area is 244 Å². The summed E-state index contributed by atoms with van der Waals surface area (Å²) in [6.45, 7) is 5.40. The van der Waals surface area contributed by atoms with Crippen molar-refractivity contribution in [3.8, 4) is 22.3 Å². The Kier molecular flexibility index (Phi) is 7.63. The lowest BCUT2D eigenvalue weighted by Gasteiger charge is -2.25. The lowest BCUT2D eigenvalue weighted by molar-refractivity contribution is -0.905. The number of sulfone groups is 2. The minimum atomic E-state index is -3.86. The minimum absolute atomic E-state index is 0.0893. The molecule has 42 heavy (non-hydrogen) atoms. The topological polar surface area (TPSA) is 105 Å². The predicted molar refractivity (Wildman–Crippen MR) is 161 cm³/mol. The van der Waals surface area contributed by atoms with Crippen LogP contribution in [0.4, 0.5) is 4.39 Å². The third kappa shape index (κ3) is 5.64. The summed E-state index contributed by atoms with van der Waals surface area (Å²) in [4.78, 5) is 4.47. The van der Waals surface area contributed by atoms with Gasteiger partial charge in [0.05, 0.1) is 16.8 Å². The number of allylic oxidation sites excluding steroid dienone is 3. The van der Waals surface area contributed by atoms with Gasteiger partial charge in [-0.05, 0) is 59.5 Å². The van der Waals surface area contributed by atoms with Gasteiger partial charge in [0.1, 0.15) is 15.8 Å². The highest BCUT2D eigenvalue weighted by atomic mass is 32.2. The van der Waals surface area contributed by atoms with E-state index in [-0.39, 0.29) is 17.1 Å². The number of nitrogens with zero attached hydrogens (tertiary/aromatic N) is 2. The van der Waals surface area contributed by atoms with Gasteiger partial charge in [-0.2, -0.15) is 0 Å². The van der Waals surface area contributed by atoms with Crippen molar-refractivity contribution in [3.05, 3.63) is 115 Å². The van der Waals surface area contributed by atoms with Crippen molar-refractivity contribution >= 4 is 30.6 Å². The quantitative estimate of drug-likeness (QED) is 0.161. The molecule has 0 amide bonds. The number of hydrogen-bond donors (Lipinski definition) is 1. The van der Waals surface area contributed by atoms with E-state index in [9.17, 15) is 26.4 Å². The first kappa shape index (κ1) is 29.3. The van der Waals surface area contributed by atoms with Gasteiger partial charge in [0, 0.05) is 34.6 Å². The monoisotopic (exact) mass is 605 g/mol. The number of pyridine rings is 2. The highest BCUT2D eigenvalue weighted by Gasteiger charge is 2.35. The fraction of sp³-hybridized carbons (Fsp3) is 0.188. The zero-order chi connectivity index (χ0) is 30.3. The number of rotatable bonds is 8. The maximum atomic E-state index is 13.4. The third-order valence-electron chi connectivity index (χ3n) is 7.61. The van der Waals surface area contributed by atoms with Gasteiger partial charge in [0.25, 0.3) is 0 Å². The summed E-state index contributed by atoms with van der Waals surface area (Å²) in [6.07, 6.45) is 10.1. The van der Waals surface area contributed by atoms with Crippen molar-refractivity contribution in [3.63, 3.8) is 0 Å². The first-order valence-electron chi connectivity index (χ1n) is 13.1. The molecule has 0 spiro atoms. The highest BCUT2D eigenvalue weighted by Crippen LogP contribution is 2.38. The Bertz CT molecular complexity index is 2000. The summed E-state index contributed by atoms with van der Waals surface area (Å²) in [7, 11) is -7.44. The lowest BCUT2D eigenvalue weighted by Crippen LogP contribution is -2.30. The summed E-state index contributed by atoms with van der Waals surface area (Å²) in [5.41, 5.74) is 4.15. The number of benzene rings is 2. The second kappa shape index (κ2) is 10.9. The van der Waals surface area contributed by atoms with E-state index >= 15 is 0 Å². The van der Waals surface area contributed by atoms with Gasteiger partial charge in [-0.25, -0.2) is 21.2 Å². The molecule has 0 fully saturated rings. The third-order valence-corrected chi connectivity index (χ3v) is 11.2. The van der Waals surface area contributed by atoms with Crippen LogP contribution in [-0.2, 0) is 24.4 Å². The maximum Gasteiger partial charge on any atom is 0.240 e. The van der Waals surface area contributed by atoms with Crippen LogP contribution in [0.3, 0.4) is 0 Å². The molecular weight excluding hydrogens is 575 g/mol. The van der Waals surface area contributed by atoms with Gasteiger partial charge in [-0.3, -0.25) is 10.2 Å². The molecule has 4 aromatic rings. The van der Waals surface area contributed by atoms with Crippen LogP contribution in [0, 0.1) is 0 Å². The van der Waals surface area contributed by atoms with Crippen LogP contribution < -0.4 is 4.73 Å². The summed E-state index contributed by atoms with van der Waals surface area (Å²) >= 11 is 0. The molecule has 1 aliphatic rings. The molecule has 0 aliphatic heterocycles. The van der Waals surface area contributed by atoms with E-state index in [0.29, 0.717) is 43.6 Å². The lowest BCUT2D eigenvalue weighted by atomic mass is 9.91. The molecule has 0 bridgehead atoms. The number of halogens is 1. The SMILES string of the molecule is C=CC(C)(c1cc(-c2cccc(-c3cc(S(=O)(=O)CC4=CCC(F)C=C4)c[n+](O)c3)c2)c2ncccc2c1)S(C)(=O)=O. The van der Waals surface area contributed by atoms with Gasteiger partial charge < -0.3 is 0 Å². The molecule has 2 unspecified atom stereocenters. The zero-order valence-corrected chi connectivity index (χ0v) is 24.7. The second-order valence-electron chi connectivity index (χ2n) is 10.6. The first-order valence-corrected chi connectivity index (χ1v) is 16.7. The van der Waals surface area contributed by atoms with Gasteiger partial charge in [-0.15, -0.1) is 6.58 Å². The van der Waals surface area contributed by atoms with Gasteiger partial charge in [0.15, 0.2) is 19.7 Å². The normalized spacial score (nSPS) is 17.0. The average molecular weight is 606 g/mol. The molecule has 7 nitrogen and oxygen atoms in total. The Balaban J connectivity index is 1.61. The van der Waals surface area contributed by atoms with E-state index in [1.165, 1.54) is 36.7 Å². The summed E-state index contributed by atoms with van der Waals surface area (Å²) in [5, 5.41) is 11.2. The van der Waals surface area contributed by atoms with Gasteiger partial charge in [0.2, 0.25) is 12.4 Å². The number of alkyl halides is 1. The van der Waals surface area contributed by atoms with E-state index < -0.39 is 30.6 Å². The molecule has 1 N–H and O–H groups in total. The van der Waals surface area contributed by atoms with Crippen molar-refractivity contribution in [2.24, 2.45) is 0 Å². The molecule has 0 radical (unpaired) electrons. The molecule has 2 aromatic carbocycles. The van der Waals surface area contributed by atoms with E-state index in [4.69, 9.17) is 0 Å². The number of aromatic nitrogens is 2. The first-order chi connectivity index (χ1) is 19.8. The largest absolute Gasteiger partial charge is 0.285 e. The van der Waals surface area contributed by atoms with E-state index in [1.54, 1.807) is 49.5 Å². The van der Waals surface area contributed by atoms with Crippen molar-refractivity contribution in [1.29, 1.82) is 0 Å². The Morgan fingerprint density at radius 2 is 1.83 bits per heavy atom. The molecule has 216 valence electrons. The summed E-state index contributed by atoms with van der Waals surface area (Å²) in [6, 6.07) is 16.0. The van der Waals surface area contributed by atoms with Gasteiger partial charge in [-0.1, -0.05) is 48.6 Å². The maximum absolute atomic E-state index is 13.4. The Morgan fingerprint density at radius 3 is 2.52 bits per heavy atom. The van der Waals surface area contributed by atoms with E-state index in [2.05, 4.69) is 11.6 Å². The Morgan fingerprint density at radius 1 is 1.07 bits per heavy atom. The van der Waals surface area contributed by atoms with Crippen molar-refractivity contribution in [2.45, 2.75) is 29.2 Å². The standard InChI is InChI=1S/C32H30FN2O5S2/c1-4-32(2,41(3,37)38)27-16-25-9-6-14-34-31(25)30(18-27)24-8-5-7-23(15-24)26-17-29(20-35(36)19-26)42(39,40)21-22-10-12-28(33)13-11-22/h4-12,14-20,28,36H,1,13,21H2,2-3H3/q+1. The van der Waals surface area contributed by atoms with Crippen LogP contribution in [0.1, 0.15) is 18.9 Å². The fourth-order valence-electron chi connectivity index (χ4n) is 4.96. The molecule has 1 aliphatic carbocycles. The minimum Gasteiger partial charge on any atom is -0.285 e. The van der Waals surface area contributed by atoms with Crippen LogP contribution in [0.15, 0.2) is 115 Å². The van der Waals surface area contributed by atoms with Crippen molar-refractivity contribution < 1.29 is 31.2 Å². The number of fused-ring (bicyclic) bond motifs is 1. The van der Waals surface area contributed by atoms with Crippen molar-refractivity contribution in [1.82, 2.24) is 4.98 Å². The molecule has 0 saturated carbocycles. The smallest absolute Gasteiger partial charge is 0.240 e. The van der Waals surface area contributed by atoms with Crippen LogP contribution in [0.2, 0.25) is 0 Å². The van der Waals surface area contributed by atoms with Crippen LogP contribution in [0.5, 0.6) is 0 Å². The fourth-order valence-corrected chi connectivity index (χ4v) is 7.21. The van der Waals surface area contributed by atoms with E-state index in [0.717, 1.165) is 11.6 Å². The molecule has 5 rings (SSSR count). The summed E-state index contributed by atoms with van der Waals surface area (Å²) in [5.74, 6) is -0.327. The average Bonchev–Trinajstić information content (AvgIpc) is 2.96. The second-order valence-corrected chi connectivity index (χ2v) is 14.9. The van der Waals surface area contributed by atoms with Crippen LogP contribution in [0.25, 0.3) is 33.2 Å². The molecule has 2 heterocycles. The highest BCUT2D eigenvalue weighted by molar-refractivity contribution is 7.92. The molecule has 0 saturated heterocycles. The summed E-state index contributed by atoms with van der Waals surface area (Å²) < 4.78 is 64.9. The number of hydrogen-bond acceptors (Lipinski definition) is 6. The Hall–Kier alpha value is -4.15. The van der Waals surface area contributed by atoms with Crippen LogP contribution in [-0.4, -0.2) is 45.2 Å². The molecule has 2 atom stereocenters. The van der Waals surface area contributed by atoms with Crippen LogP contribution >= 0.6 is 0 Å².